The van der Waals surface area contributed by atoms with Crippen LogP contribution in [-0.2, 0) is 56.3 Å². The molecule has 4 aromatic rings. The van der Waals surface area contributed by atoms with E-state index in [0.717, 1.165) is 51.2 Å². The first-order chi connectivity index (χ1) is 45.5. The van der Waals surface area contributed by atoms with Crippen LogP contribution in [0.3, 0.4) is 0 Å². The smallest absolute Gasteiger partial charge is 0.412 e. The van der Waals surface area contributed by atoms with E-state index in [1.54, 1.807) is 4.90 Å². The number of ketones is 2. The number of fused-ring (bicyclic) bond motifs is 7. The van der Waals surface area contributed by atoms with Gasteiger partial charge in [0.25, 0.3) is 16.6 Å². The lowest BCUT2D eigenvalue weighted by Gasteiger charge is -2.53. The molecule has 0 spiro atoms. The molecule has 8 aliphatic rings. The highest BCUT2D eigenvalue weighted by molar-refractivity contribution is 7.00. The van der Waals surface area contributed by atoms with E-state index in [1.807, 2.05) is 34.6 Å². The molecule has 0 aliphatic carbocycles. The Morgan fingerprint density at radius 2 is 1.07 bits per heavy atom. The Morgan fingerprint density at radius 3 is 1.64 bits per heavy atom. The van der Waals surface area contributed by atoms with Gasteiger partial charge in [-0.3, -0.25) is 14.5 Å². The zero-order valence-electron chi connectivity index (χ0n) is 59.5. The van der Waals surface area contributed by atoms with E-state index in [0.29, 0.717) is 51.5 Å². The Bertz CT molecular complexity index is 3290. The maximum Gasteiger partial charge on any atom is 0.412 e. The number of carbonyl (C=O) groups is 3. The molecule has 8 heterocycles. The largest absolute Gasteiger partial charge is 0.444 e. The normalized spacial score (nSPS) is 34.2. The predicted molar refractivity (Wildman–Crippen MR) is 379 cm³/mol. The topological polar surface area (TPSA) is 147 Å². The maximum atomic E-state index is 15.4. The van der Waals surface area contributed by atoms with E-state index in [9.17, 15) is 4.79 Å². The van der Waals surface area contributed by atoms with Gasteiger partial charge in [0.15, 0.2) is 0 Å². The molecular weight excluding hydrogens is 1240 g/mol. The Labute approximate surface area is 574 Å². The summed E-state index contributed by atoms with van der Waals surface area (Å²) in [5, 5.41) is 3.61. The van der Waals surface area contributed by atoms with Crippen molar-refractivity contribution in [1.29, 1.82) is 0 Å². The number of hydrogen-bond donors (Lipinski definition) is 0. The molecular formula is C80H109NO13Si2. The van der Waals surface area contributed by atoms with Crippen molar-refractivity contribution < 1.29 is 61.1 Å². The van der Waals surface area contributed by atoms with Crippen LogP contribution in [0.25, 0.3) is 0 Å². The second-order valence-corrected chi connectivity index (χ2v) is 41.4. The van der Waals surface area contributed by atoms with Gasteiger partial charge < -0.3 is 46.7 Å². The predicted octanol–water partition coefficient (Wildman–Crippen LogP) is 13.1. The van der Waals surface area contributed by atoms with E-state index in [4.69, 9.17) is 46.7 Å². The van der Waals surface area contributed by atoms with Crippen LogP contribution in [0.5, 0.6) is 0 Å². The summed E-state index contributed by atoms with van der Waals surface area (Å²) in [4.78, 5) is 45.9. The molecule has 1 amide bonds. The van der Waals surface area contributed by atoms with Crippen LogP contribution in [0.4, 0.5) is 4.79 Å². The number of Topliss-reactive ketones (excluding diaryl/α,β-unsaturated/α-hetero) is 2. The van der Waals surface area contributed by atoms with Crippen LogP contribution in [0, 0.1) is 17.8 Å². The van der Waals surface area contributed by atoms with Gasteiger partial charge in [-0.2, -0.15) is 0 Å². The Hall–Kier alpha value is -4.96. The first kappa shape index (κ1) is 70.9. The molecule has 12 rings (SSSR count). The lowest BCUT2D eigenvalue weighted by Crippen LogP contribution is -2.73. The first-order valence-electron chi connectivity index (χ1n) is 36.1. The van der Waals surface area contributed by atoms with Gasteiger partial charge in [0.05, 0.1) is 67.6 Å². The van der Waals surface area contributed by atoms with Crippen molar-refractivity contribution in [3.63, 3.8) is 0 Å². The van der Waals surface area contributed by atoms with Gasteiger partial charge in [0, 0.05) is 38.5 Å². The number of rotatable bonds is 10. The SMILES string of the molecule is C=C1C[C@@H]2CCC(=O)C[C@H]3O[C@H]4[C@@H](O[Si](c5ccccc5)(c5ccccc5)C(C)(C)C)[C@H]5O[C@H](CC[C@@H]5O[C@H]4[C@H]3O[Si](c3ccccc3)(c3ccccc3)C(C)(C)C)CC(=O)C[C@@H]3[C@@H](C)[C@@H](C[C@H]4CN(C(=O)OC(C)(C)C)C(C)(C)O4)O[C@H]3CC3O[C@@H](CCC1O2)C[C@@H](C)C3=C. The van der Waals surface area contributed by atoms with E-state index >= 15 is 9.59 Å². The van der Waals surface area contributed by atoms with Crippen LogP contribution in [0.2, 0.25) is 10.1 Å². The summed E-state index contributed by atoms with van der Waals surface area (Å²) in [6, 6.07) is 42.7. The lowest BCUT2D eigenvalue weighted by atomic mass is 9.78. The number of carbonyl (C=O) groups excluding carboxylic acids is 3. The van der Waals surface area contributed by atoms with E-state index < -0.39 is 93.0 Å². The van der Waals surface area contributed by atoms with Crippen LogP contribution >= 0.6 is 0 Å². The van der Waals surface area contributed by atoms with Crippen LogP contribution < -0.4 is 20.7 Å². The zero-order valence-corrected chi connectivity index (χ0v) is 61.5. The molecule has 520 valence electrons. The molecule has 8 bridgehead atoms. The molecule has 14 nitrogen and oxygen atoms in total. The van der Waals surface area contributed by atoms with Crippen molar-refractivity contribution in [2.45, 2.75) is 286 Å². The van der Waals surface area contributed by atoms with E-state index in [-0.39, 0.29) is 91.3 Å². The molecule has 0 saturated carbocycles. The Morgan fingerprint density at radius 1 is 0.552 bits per heavy atom. The minimum absolute atomic E-state index is 0.0460. The van der Waals surface area contributed by atoms with E-state index in [2.05, 4.69) is 190 Å². The number of hydrogen-bond acceptors (Lipinski definition) is 13. The Kier molecular flexibility index (Phi) is 20.8. The van der Waals surface area contributed by atoms with Gasteiger partial charge >= 0.3 is 6.09 Å². The average molecular weight is 1350 g/mol. The molecule has 8 fully saturated rings. The molecule has 96 heavy (non-hydrogen) atoms. The highest BCUT2D eigenvalue weighted by Gasteiger charge is 2.65. The number of amides is 1. The molecule has 2 unspecified atom stereocenters. The fourth-order valence-electron chi connectivity index (χ4n) is 17.8. The third-order valence-electron chi connectivity index (χ3n) is 22.6. The molecule has 8 saturated heterocycles. The quantitative estimate of drug-likeness (QED) is 0.110. The Balaban J connectivity index is 0.930. The van der Waals surface area contributed by atoms with Crippen molar-refractivity contribution in [3.05, 3.63) is 146 Å². The van der Waals surface area contributed by atoms with Crippen LogP contribution in [0.15, 0.2) is 146 Å². The standard InChI is InChI=1S/C80H109NO13Si2/c1-50-42-57-38-40-65-51(2)43-56(85-65)37-36-54(82)46-70-72(93-95(78(8,9)10,60-28-20-16-21-29-60)61-30-22-17-23-31-61)73-74(90-70)75(94-96(79(11,12)13,62-32-24-18-25-33-62)63-34-26-19-27-35-63)71-66(89-73)41-39-58(87-71)44-55(83)45-64-53(4)67(88-69(64)48-68(86-57)52(50)3)47-59-49-81(80(14,15)91-59)76(84)92-77(5,6)7/h16-35,50,53,56-59,64-75H,2-3,36-49H2,1,4-15H3/t50-,53-,56+,57+,58-,59+,64-,65?,66+,67-,68?,69+,70-,71+,72+,73+,74-,75+/m1/s1. The summed E-state index contributed by atoms with van der Waals surface area (Å²) >= 11 is 0. The van der Waals surface area contributed by atoms with Gasteiger partial charge in [0.1, 0.15) is 53.4 Å². The van der Waals surface area contributed by atoms with Crippen LogP contribution in [-0.4, -0.2) is 149 Å². The van der Waals surface area contributed by atoms with Gasteiger partial charge in [-0.05, 0) is 139 Å². The summed E-state index contributed by atoms with van der Waals surface area (Å²) in [5.74, 6) is 0.167. The fourth-order valence-corrected chi connectivity index (χ4v) is 27.2. The number of benzene rings is 4. The second kappa shape index (κ2) is 28.2. The molecule has 4 aromatic carbocycles. The summed E-state index contributed by atoms with van der Waals surface area (Å²) in [5.41, 5.74) is 0.527. The van der Waals surface area contributed by atoms with Crippen LogP contribution in [0.1, 0.15) is 173 Å². The third kappa shape index (κ3) is 14.5. The van der Waals surface area contributed by atoms with Crippen molar-refractivity contribution in [2.75, 3.05) is 6.54 Å². The highest BCUT2D eigenvalue weighted by Crippen LogP contribution is 2.50. The molecule has 0 N–H and O–H groups in total. The molecule has 0 radical (unpaired) electrons. The molecule has 16 heteroatoms. The molecule has 8 aliphatic heterocycles. The van der Waals surface area contributed by atoms with Crippen molar-refractivity contribution in [1.82, 2.24) is 4.90 Å². The van der Waals surface area contributed by atoms with Crippen molar-refractivity contribution >= 4 is 55.0 Å². The number of nitrogens with zero attached hydrogens (tertiary/aromatic N) is 1. The molecule has 18 atom stereocenters. The monoisotopic (exact) mass is 1350 g/mol. The minimum atomic E-state index is -3.41. The van der Waals surface area contributed by atoms with Gasteiger partial charge in [-0.15, -0.1) is 0 Å². The maximum absolute atomic E-state index is 15.4. The first-order valence-corrected chi connectivity index (χ1v) is 39.9. The highest BCUT2D eigenvalue weighted by atomic mass is 28.4. The zero-order chi connectivity index (χ0) is 68.3. The summed E-state index contributed by atoms with van der Waals surface area (Å²) in [7, 11) is -6.76. The van der Waals surface area contributed by atoms with Crippen molar-refractivity contribution in [2.24, 2.45) is 17.8 Å². The molecule has 0 aromatic heterocycles. The third-order valence-corrected chi connectivity index (χ3v) is 32.6. The lowest BCUT2D eigenvalue weighted by molar-refractivity contribution is -0.254. The summed E-state index contributed by atoms with van der Waals surface area (Å²) < 4.78 is 73.4. The summed E-state index contributed by atoms with van der Waals surface area (Å²) in [6.07, 6.45) is -0.436. The summed E-state index contributed by atoms with van der Waals surface area (Å²) in [6.45, 7) is 37.2. The number of ether oxygens (including phenoxy) is 8. The van der Waals surface area contributed by atoms with Gasteiger partial charge in [-0.25, -0.2) is 4.79 Å². The second-order valence-electron chi connectivity index (χ2n) is 32.9. The van der Waals surface area contributed by atoms with E-state index in [1.165, 1.54) is 0 Å². The van der Waals surface area contributed by atoms with Gasteiger partial charge in [0.2, 0.25) is 0 Å². The fraction of sp³-hybridized carbons (Fsp3) is 0.613. The average Bonchev–Trinajstić information content (AvgIpc) is 1.31. The van der Waals surface area contributed by atoms with Crippen molar-refractivity contribution in [3.8, 4) is 0 Å². The van der Waals surface area contributed by atoms with Gasteiger partial charge in [-0.1, -0.05) is 190 Å². The minimum Gasteiger partial charge on any atom is -0.444 e.